The molecular formula is C9H16. The van der Waals surface area contributed by atoms with Crippen molar-refractivity contribution >= 4 is 0 Å². The van der Waals surface area contributed by atoms with E-state index >= 15 is 0 Å². The first-order valence-electron chi connectivity index (χ1n) is 4.33. The molecule has 52 valence electrons. The molecule has 0 saturated heterocycles. The van der Waals surface area contributed by atoms with Crippen LogP contribution >= 0.6 is 0 Å². The van der Waals surface area contributed by atoms with Gasteiger partial charge in [-0.2, -0.15) is 0 Å². The maximum absolute atomic E-state index is 2.45. The molecule has 2 saturated carbocycles. The highest BCUT2D eigenvalue weighted by Crippen LogP contribution is 2.59. The second kappa shape index (κ2) is 1.74. The van der Waals surface area contributed by atoms with Gasteiger partial charge in [0, 0.05) is 0 Å². The Kier molecular flexibility index (Phi) is 1.12. The highest BCUT2D eigenvalue weighted by atomic mass is 14.5. The van der Waals surface area contributed by atoms with Crippen molar-refractivity contribution in [3.63, 3.8) is 0 Å². The summed E-state index contributed by atoms with van der Waals surface area (Å²) in [5.74, 6) is 1.06. The molecular weight excluding hydrogens is 108 g/mol. The summed E-state index contributed by atoms with van der Waals surface area (Å²) in [7, 11) is 0. The largest absolute Gasteiger partial charge is 0.0620 e. The van der Waals surface area contributed by atoms with Crippen LogP contribution in [0.15, 0.2) is 0 Å². The van der Waals surface area contributed by atoms with Gasteiger partial charge in [-0.25, -0.2) is 0 Å². The van der Waals surface area contributed by atoms with Crippen molar-refractivity contribution in [1.29, 1.82) is 0 Å². The summed E-state index contributed by atoms with van der Waals surface area (Å²) in [4.78, 5) is 0. The summed E-state index contributed by atoms with van der Waals surface area (Å²) in [5.41, 5.74) is 0.887. The molecule has 0 amide bonds. The molecule has 0 aromatic rings. The minimum absolute atomic E-state index is 0.887. The molecule has 0 heteroatoms. The van der Waals surface area contributed by atoms with Crippen molar-refractivity contribution in [2.45, 2.75) is 45.4 Å². The van der Waals surface area contributed by atoms with Gasteiger partial charge in [0.15, 0.2) is 0 Å². The first-order valence-corrected chi connectivity index (χ1v) is 4.33. The maximum atomic E-state index is 2.45. The zero-order valence-electron chi connectivity index (χ0n) is 6.32. The van der Waals surface area contributed by atoms with Crippen molar-refractivity contribution in [2.24, 2.45) is 11.3 Å². The van der Waals surface area contributed by atoms with Crippen molar-refractivity contribution in [3.8, 4) is 0 Å². The highest BCUT2D eigenvalue weighted by Gasteiger charge is 2.47. The number of rotatable bonds is 0. The smallest absolute Gasteiger partial charge is 0.0271 e. The van der Waals surface area contributed by atoms with Crippen molar-refractivity contribution in [3.05, 3.63) is 0 Å². The van der Waals surface area contributed by atoms with Crippen molar-refractivity contribution < 1.29 is 0 Å². The predicted molar refractivity (Wildman–Crippen MR) is 39.3 cm³/mol. The molecule has 0 heterocycles. The van der Waals surface area contributed by atoms with E-state index in [-0.39, 0.29) is 0 Å². The fraction of sp³-hybridized carbons (Fsp3) is 1.00. The van der Waals surface area contributed by atoms with E-state index < -0.39 is 0 Å². The van der Waals surface area contributed by atoms with Crippen LogP contribution in [0.25, 0.3) is 0 Å². The Morgan fingerprint density at radius 3 is 2.33 bits per heavy atom. The van der Waals surface area contributed by atoms with E-state index in [1.807, 2.05) is 0 Å². The summed E-state index contributed by atoms with van der Waals surface area (Å²) in [6.45, 7) is 2.45. The molecule has 1 spiro atoms. The summed E-state index contributed by atoms with van der Waals surface area (Å²) < 4.78 is 0. The SMILES string of the molecule is CC1CCCCC12CC2. The second-order valence-corrected chi connectivity index (χ2v) is 4.01. The second-order valence-electron chi connectivity index (χ2n) is 4.01. The third-order valence-corrected chi connectivity index (χ3v) is 3.50. The van der Waals surface area contributed by atoms with Crippen LogP contribution in [0, 0.1) is 11.3 Å². The van der Waals surface area contributed by atoms with E-state index in [2.05, 4.69) is 6.92 Å². The molecule has 1 unspecified atom stereocenters. The minimum Gasteiger partial charge on any atom is -0.0620 e. The topological polar surface area (TPSA) is 0 Å². The van der Waals surface area contributed by atoms with Crippen LogP contribution in [0.3, 0.4) is 0 Å². The van der Waals surface area contributed by atoms with E-state index in [0.29, 0.717) is 0 Å². The lowest BCUT2D eigenvalue weighted by atomic mass is 9.78. The van der Waals surface area contributed by atoms with Gasteiger partial charge >= 0.3 is 0 Å². The van der Waals surface area contributed by atoms with E-state index in [0.717, 1.165) is 11.3 Å². The molecule has 2 aliphatic carbocycles. The Hall–Kier alpha value is 0. The van der Waals surface area contributed by atoms with Gasteiger partial charge in [0.1, 0.15) is 0 Å². The van der Waals surface area contributed by atoms with E-state index in [9.17, 15) is 0 Å². The molecule has 2 fully saturated rings. The van der Waals surface area contributed by atoms with Crippen LogP contribution < -0.4 is 0 Å². The summed E-state index contributed by atoms with van der Waals surface area (Å²) in [6, 6.07) is 0. The van der Waals surface area contributed by atoms with E-state index in [1.165, 1.54) is 19.3 Å². The number of hydrogen-bond acceptors (Lipinski definition) is 0. The van der Waals surface area contributed by atoms with E-state index in [4.69, 9.17) is 0 Å². The molecule has 0 aromatic carbocycles. The van der Waals surface area contributed by atoms with Crippen LogP contribution in [0.4, 0.5) is 0 Å². The fourth-order valence-corrected chi connectivity index (χ4v) is 2.38. The maximum Gasteiger partial charge on any atom is -0.0271 e. The standard InChI is InChI=1S/C9H16/c1-8-4-2-3-5-9(8)6-7-9/h8H,2-7H2,1H3. The minimum atomic E-state index is 0.887. The van der Waals surface area contributed by atoms with E-state index in [1.54, 1.807) is 19.3 Å². The van der Waals surface area contributed by atoms with Crippen LogP contribution in [-0.2, 0) is 0 Å². The lowest BCUT2D eigenvalue weighted by molar-refractivity contribution is 0.232. The van der Waals surface area contributed by atoms with Crippen LogP contribution in [0.2, 0.25) is 0 Å². The molecule has 2 rings (SSSR count). The molecule has 0 nitrogen and oxygen atoms in total. The third-order valence-electron chi connectivity index (χ3n) is 3.50. The average Bonchev–Trinajstić information content (AvgIpc) is 2.60. The lowest BCUT2D eigenvalue weighted by Crippen LogP contribution is -2.17. The normalized spacial score (nSPS) is 39.0. The Bertz CT molecular complexity index is 111. The fourth-order valence-electron chi connectivity index (χ4n) is 2.38. The van der Waals surface area contributed by atoms with Gasteiger partial charge in [0.25, 0.3) is 0 Å². The molecule has 0 bridgehead atoms. The van der Waals surface area contributed by atoms with Gasteiger partial charge in [-0.05, 0) is 30.6 Å². The molecule has 0 aromatic heterocycles. The molecule has 0 aliphatic heterocycles. The van der Waals surface area contributed by atoms with Crippen molar-refractivity contribution in [1.82, 2.24) is 0 Å². The molecule has 2 aliphatic rings. The molecule has 0 N–H and O–H groups in total. The lowest BCUT2D eigenvalue weighted by Gasteiger charge is -2.28. The van der Waals surface area contributed by atoms with Gasteiger partial charge < -0.3 is 0 Å². The van der Waals surface area contributed by atoms with Gasteiger partial charge in [-0.15, -0.1) is 0 Å². The Morgan fingerprint density at radius 2 is 1.89 bits per heavy atom. The number of hydrogen-bond donors (Lipinski definition) is 0. The first kappa shape index (κ1) is 5.76. The van der Waals surface area contributed by atoms with Crippen LogP contribution in [0.5, 0.6) is 0 Å². The quantitative estimate of drug-likeness (QED) is 0.465. The zero-order chi connectivity index (χ0) is 6.32. The summed E-state index contributed by atoms with van der Waals surface area (Å²) in [5, 5.41) is 0. The Labute approximate surface area is 57.6 Å². The molecule has 1 atom stereocenters. The summed E-state index contributed by atoms with van der Waals surface area (Å²) >= 11 is 0. The van der Waals surface area contributed by atoms with Crippen LogP contribution in [0.1, 0.15) is 45.4 Å². The first-order chi connectivity index (χ1) is 4.33. The third kappa shape index (κ3) is 0.798. The Balaban J connectivity index is 2.03. The van der Waals surface area contributed by atoms with Gasteiger partial charge in [0.05, 0.1) is 0 Å². The predicted octanol–water partition coefficient (Wildman–Crippen LogP) is 2.98. The van der Waals surface area contributed by atoms with Crippen molar-refractivity contribution in [2.75, 3.05) is 0 Å². The average molecular weight is 124 g/mol. The van der Waals surface area contributed by atoms with Gasteiger partial charge in [-0.1, -0.05) is 26.2 Å². The summed E-state index contributed by atoms with van der Waals surface area (Å²) in [6.07, 6.45) is 9.18. The highest BCUT2D eigenvalue weighted by molar-refractivity contribution is 4.98. The monoisotopic (exact) mass is 124 g/mol. The van der Waals surface area contributed by atoms with Gasteiger partial charge in [-0.3, -0.25) is 0 Å². The zero-order valence-corrected chi connectivity index (χ0v) is 6.32. The Morgan fingerprint density at radius 1 is 1.11 bits per heavy atom. The molecule has 9 heavy (non-hydrogen) atoms. The van der Waals surface area contributed by atoms with Gasteiger partial charge in [0.2, 0.25) is 0 Å². The molecule has 0 radical (unpaired) electrons. The van der Waals surface area contributed by atoms with Crippen LogP contribution in [-0.4, -0.2) is 0 Å².